The number of carbonyl (C=O) groups excluding carboxylic acids is 1. The third-order valence-corrected chi connectivity index (χ3v) is 3.37. The Hall–Kier alpha value is -2.07. The molecule has 2 aromatic carbocycles. The summed E-state index contributed by atoms with van der Waals surface area (Å²) >= 11 is 5.87. The lowest BCUT2D eigenvalue weighted by molar-refractivity contribution is 0.102. The summed E-state index contributed by atoms with van der Waals surface area (Å²) < 4.78 is 13.7. The van der Waals surface area contributed by atoms with E-state index in [1.807, 2.05) is 13.8 Å². The van der Waals surface area contributed by atoms with Crippen molar-refractivity contribution in [3.05, 3.63) is 57.9 Å². The molecule has 0 aliphatic heterocycles. The minimum absolute atomic E-state index is 0.0762. The van der Waals surface area contributed by atoms with Gasteiger partial charge in [-0.05, 0) is 49.2 Å². The van der Waals surface area contributed by atoms with Crippen LogP contribution < -0.4 is 11.1 Å². The van der Waals surface area contributed by atoms with Gasteiger partial charge in [0.2, 0.25) is 0 Å². The number of nitrogens with two attached hydrogens (primary N) is 1. The zero-order valence-corrected chi connectivity index (χ0v) is 11.9. The van der Waals surface area contributed by atoms with Crippen molar-refractivity contribution >= 4 is 28.9 Å². The first-order chi connectivity index (χ1) is 9.40. The molecule has 0 unspecified atom stereocenters. The van der Waals surface area contributed by atoms with E-state index in [4.69, 9.17) is 17.3 Å². The van der Waals surface area contributed by atoms with E-state index in [9.17, 15) is 9.18 Å². The van der Waals surface area contributed by atoms with Gasteiger partial charge in [0.1, 0.15) is 5.82 Å². The average Bonchev–Trinajstić information content (AvgIpc) is 2.35. The molecule has 0 bridgehead atoms. The van der Waals surface area contributed by atoms with E-state index >= 15 is 0 Å². The van der Waals surface area contributed by atoms with E-state index in [-0.39, 0.29) is 10.6 Å². The molecule has 2 rings (SSSR count). The maximum Gasteiger partial charge on any atom is 0.260 e. The number of nitrogens with one attached hydrogen (secondary N) is 1. The highest BCUT2D eigenvalue weighted by atomic mass is 35.5. The van der Waals surface area contributed by atoms with Crippen molar-refractivity contribution in [3.63, 3.8) is 0 Å². The van der Waals surface area contributed by atoms with Gasteiger partial charge in [-0.2, -0.15) is 0 Å². The maximum absolute atomic E-state index is 13.7. The van der Waals surface area contributed by atoms with Crippen LogP contribution in [0.15, 0.2) is 30.3 Å². The third-order valence-electron chi connectivity index (χ3n) is 3.05. The van der Waals surface area contributed by atoms with Crippen molar-refractivity contribution in [1.82, 2.24) is 0 Å². The smallest absolute Gasteiger partial charge is 0.260 e. The summed E-state index contributed by atoms with van der Waals surface area (Å²) in [5.74, 6) is -1.24. The molecule has 0 saturated carbocycles. The number of halogens is 2. The van der Waals surface area contributed by atoms with E-state index in [2.05, 4.69) is 5.32 Å². The number of anilines is 2. The minimum atomic E-state index is -0.653. The Morgan fingerprint density at radius 3 is 2.60 bits per heavy atom. The van der Waals surface area contributed by atoms with Crippen molar-refractivity contribution in [2.45, 2.75) is 13.8 Å². The number of nitrogen functional groups attached to an aromatic ring is 1. The van der Waals surface area contributed by atoms with Gasteiger partial charge >= 0.3 is 0 Å². The van der Waals surface area contributed by atoms with Crippen LogP contribution in [0, 0.1) is 19.7 Å². The molecule has 0 radical (unpaired) electrons. The lowest BCUT2D eigenvalue weighted by atomic mass is 10.1. The molecule has 20 heavy (non-hydrogen) atoms. The molecule has 104 valence electrons. The van der Waals surface area contributed by atoms with E-state index in [0.717, 1.165) is 11.1 Å². The predicted octanol–water partition coefficient (Wildman–Crippen LogP) is 3.93. The molecule has 0 heterocycles. The highest BCUT2D eigenvalue weighted by molar-refractivity contribution is 6.34. The van der Waals surface area contributed by atoms with Crippen LogP contribution in [0.4, 0.5) is 15.8 Å². The molecule has 0 aliphatic rings. The quantitative estimate of drug-likeness (QED) is 0.824. The SMILES string of the molecule is Cc1cc(NC(=O)c2c(F)cccc2Cl)c(C)cc1N. The van der Waals surface area contributed by atoms with Crippen LogP contribution in [0.3, 0.4) is 0 Å². The summed E-state index contributed by atoms with van der Waals surface area (Å²) in [6.07, 6.45) is 0. The fourth-order valence-corrected chi connectivity index (χ4v) is 2.12. The van der Waals surface area contributed by atoms with E-state index in [0.29, 0.717) is 11.4 Å². The first kappa shape index (κ1) is 14.3. The van der Waals surface area contributed by atoms with Gasteiger partial charge in [-0.15, -0.1) is 0 Å². The fraction of sp³-hybridized carbons (Fsp3) is 0.133. The number of hydrogen-bond acceptors (Lipinski definition) is 2. The van der Waals surface area contributed by atoms with Gasteiger partial charge in [-0.1, -0.05) is 17.7 Å². The monoisotopic (exact) mass is 292 g/mol. The second-order valence-electron chi connectivity index (χ2n) is 4.57. The van der Waals surface area contributed by atoms with Crippen LogP contribution in [0.1, 0.15) is 21.5 Å². The average molecular weight is 293 g/mol. The van der Waals surface area contributed by atoms with Crippen LogP contribution >= 0.6 is 11.6 Å². The highest BCUT2D eigenvalue weighted by Gasteiger charge is 2.16. The number of aryl methyl sites for hydroxylation is 2. The molecular weight excluding hydrogens is 279 g/mol. The van der Waals surface area contributed by atoms with Crippen molar-refractivity contribution in [2.24, 2.45) is 0 Å². The summed E-state index contributed by atoms with van der Waals surface area (Å²) in [5.41, 5.74) is 8.49. The van der Waals surface area contributed by atoms with E-state index in [1.165, 1.54) is 18.2 Å². The molecule has 0 fully saturated rings. The number of amides is 1. The van der Waals surface area contributed by atoms with Gasteiger partial charge in [-0.25, -0.2) is 4.39 Å². The molecule has 5 heteroatoms. The van der Waals surface area contributed by atoms with Gasteiger partial charge in [0, 0.05) is 11.4 Å². The molecule has 0 aliphatic carbocycles. The molecule has 1 amide bonds. The van der Waals surface area contributed by atoms with Gasteiger partial charge in [-0.3, -0.25) is 4.79 Å². The molecule has 0 aromatic heterocycles. The molecule has 0 atom stereocenters. The first-order valence-corrected chi connectivity index (χ1v) is 6.40. The summed E-state index contributed by atoms with van der Waals surface area (Å²) in [7, 11) is 0. The summed E-state index contributed by atoms with van der Waals surface area (Å²) in [6.45, 7) is 3.65. The lowest BCUT2D eigenvalue weighted by Crippen LogP contribution is -2.15. The zero-order valence-electron chi connectivity index (χ0n) is 11.1. The van der Waals surface area contributed by atoms with Crippen molar-refractivity contribution in [3.8, 4) is 0 Å². The molecular formula is C15H14ClFN2O. The maximum atomic E-state index is 13.7. The van der Waals surface area contributed by atoms with Crippen molar-refractivity contribution in [1.29, 1.82) is 0 Å². The molecule has 3 N–H and O–H groups in total. The van der Waals surface area contributed by atoms with Gasteiger partial charge < -0.3 is 11.1 Å². The Morgan fingerprint density at radius 2 is 1.95 bits per heavy atom. The largest absolute Gasteiger partial charge is 0.399 e. The Balaban J connectivity index is 2.35. The molecule has 2 aromatic rings. The van der Waals surface area contributed by atoms with Crippen molar-refractivity contribution < 1.29 is 9.18 Å². The highest BCUT2D eigenvalue weighted by Crippen LogP contribution is 2.25. The zero-order chi connectivity index (χ0) is 14.9. The van der Waals surface area contributed by atoms with Gasteiger partial charge in [0.05, 0.1) is 10.6 Å². The topological polar surface area (TPSA) is 55.1 Å². The molecule has 3 nitrogen and oxygen atoms in total. The third kappa shape index (κ3) is 2.75. The standard InChI is InChI=1S/C15H14ClFN2O/c1-8-7-13(9(2)6-12(8)18)19-15(20)14-10(16)4-3-5-11(14)17/h3-7H,18H2,1-2H3,(H,19,20). The van der Waals surface area contributed by atoms with E-state index in [1.54, 1.807) is 12.1 Å². The second kappa shape index (κ2) is 5.51. The Kier molecular flexibility index (Phi) is 3.95. The van der Waals surface area contributed by atoms with Gasteiger partial charge in [0.25, 0.3) is 5.91 Å². The predicted molar refractivity (Wildman–Crippen MR) is 79.7 cm³/mol. The molecule has 0 saturated heterocycles. The number of rotatable bonds is 2. The van der Waals surface area contributed by atoms with Crippen LogP contribution in [0.5, 0.6) is 0 Å². The van der Waals surface area contributed by atoms with Gasteiger partial charge in [0.15, 0.2) is 0 Å². The van der Waals surface area contributed by atoms with Crippen molar-refractivity contribution in [2.75, 3.05) is 11.1 Å². The van der Waals surface area contributed by atoms with Crippen LogP contribution in [0.2, 0.25) is 5.02 Å². The second-order valence-corrected chi connectivity index (χ2v) is 4.98. The number of benzene rings is 2. The lowest BCUT2D eigenvalue weighted by Gasteiger charge is -2.12. The fourth-order valence-electron chi connectivity index (χ4n) is 1.87. The Labute approximate surface area is 121 Å². The Morgan fingerprint density at radius 1 is 1.25 bits per heavy atom. The summed E-state index contributed by atoms with van der Waals surface area (Å²) in [5, 5.41) is 2.73. The van der Waals surface area contributed by atoms with E-state index < -0.39 is 11.7 Å². The number of carbonyl (C=O) groups is 1. The Bertz CT molecular complexity index is 666. The molecule has 0 spiro atoms. The number of hydrogen-bond donors (Lipinski definition) is 2. The first-order valence-electron chi connectivity index (χ1n) is 6.02. The van der Waals surface area contributed by atoms with Crippen LogP contribution in [-0.2, 0) is 0 Å². The minimum Gasteiger partial charge on any atom is -0.399 e. The normalized spacial score (nSPS) is 10.4. The van der Waals surface area contributed by atoms with Crippen LogP contribution in [-0.4, -0.2) is 5.91 Å². The summed E-state index contributed by atoms with van der Waals surface area (Å²) in [6, 6.07) is 7.63. The summed E-state index contributed by atoms with van der Waals surface area (Å²) in [4.78, 5) is 12.1. The van der Waals surface area contributed by atoms with Crippen LogP contribution in [0.25, 0.3) is 0 Å².